The summed E-state index contributed by atoms with van der Waals surface area (Å²) in [5.74, 6) is 0. The zero-order valence-corrected chi connectivity index (χ0v) is 9.91. The van der Waals surface area contributed by atoms with Crippen LogP contribution < -0.4 is 16.0 Å². The number of likely N-dealkylation sites (N-methyl/N-ethyl adjacent to an activating group) is 2. The summed E-state index contributed by atoms with van der Waals surface area (Å²) in [6.45, 7) is 2.16. The fourth-order valence-corrected chi connectivity index (χ4v) is 1.25. The van der Waals surface area contributed by atoms with Crippen LogP contribution in [0.2, 0.25) is 6.04 Å². The molecule has 0 aliphatic rings. The van der Waals surface area contributed by atoms with E-state index >= 15 is 0 Å². The molecule has 0 aliphatic heterocycles. The van der Waals surface area contributed by atoms with E-state index in [1.807, 2.05) is 14.1 Å². The highest BCUT2D eigenvalue weighted by molar-refractivity contribution is 6.08. The van der Waals surface area contributed by atoms with Crippen LogP contribution in [0.25, 0.3) is 0 Å². The van der Waals surface area contributed by atoms with E-state index in [0.29, 0.717) is 6.17 Å². The smallest absolute Gasteiger partial charge is 0.0695 e. The van der Waals surface area contributed by atoms with Crippen LogP contribution in [0.15, 0.2) is 0 Å². The zero-order valence-electron chi connectivity index (χ0n) is 7.91. The monoisotopic (exact) mass is 175 g/mol. The van der Waals surface area contributed by atoms with Crippen LogP contribution in [-0.2, 0) is 0 Å². The fourth-order valence-electron chi connectivity index (χ4n) is 0.897. The summed E-state index contributed by atoms with van der Waals surface area (Å²) in [5, 5.41) is 9.71. The summed E-state index contributed by atoms with van der Waals surface area (Å²) >= 11 is 0. The normalized spacial score (nSPS) is 11.2. The zero-order chi connectivity index (χ0) is 8.53. The average molecular weight is 175 g/mol. The van der Waals surface area contributed by atoms with Gasteiger partial charge in [0.1, 0.15) is 0 Å². The molecule has 0 saturated carbocycles. The summed E-state index contributed by atoms with van der Waals surface area (Å²) in [6.07, 6.45) is 1.73. The first-order valence-electron chi connectivity index (χ1n) is 4.40. The molecule has 0 spiro atoms. The third-order valence-electron chi connectivity index (χ3n) is 1.75. The molecule has 11 heavy (non-hydrogen) atoms. The Morgan fingerprint density at radius 1 is 1.27 bits per heavy atom. The van der Waals surface area contributed by atoms with Gasteiger partial charge in [-0.25, -0.2) is 0 Å². The highest BCUT2D eigenvalue weighted by Crippen LogP contribution is 1.80. The van der Waals surface area contributed by atoms with Gasteiger partial charge in [0.15, 0.2) is 0 Å². The van der Waals surface area contributed by atoms with Crippen molar-refractivity contribution in [2.24, 2.45) is 0 Å². The molecule has 3 nitrogen and oxygen atoms in total. The Bertz CT molecular complexity index is 76.1. The van der Waals surface area contributed by atoms with Crippen LogP contribution in [0.1, 0.15) is 6.42 Å². The summed E-state index contributed by atoms with van der Waals surface area (Å²) < 4.78 is 0. The topological polar surface area (TPSA) is 36.1 Å². The maximum atomic E-state index is 3.39. The summed E-state index contributed by atoms with van der Waals surface area (Å²) in [6, 6.07) is 1.40. The molecule has 0 heterocycles. The second-order valence-electron chi connectivity index (χ2n) is 2.69. The predicted molar refractivity (Wildman–Crippen MR) is 54.1 cm³/mol. The molecule has 4 heteroatoms. The lowest BCUT2D eigenvalue weighted by Crippen LogP contribution is -2.45. The second kappa shape index (κ2) is 8.20. The lowest BCUT2D eigenvalue weighted by atomic mass is 10.4. The molecule has 68 valence electrons. The van der Waals surface area contributed by atoms with Gasteiger partial charge in [-0.15, -0.1) is 0 Å². The maximum Gasteiger partial charge on any atom is 0.0695 e. The largest absolute Gasteiger partial charge is 0.314 e. The van der Waals surface area contributed by atoms with Crippen LogP contribution in [0, 0.1) is 0 Å². The van der Waals surface area contributed by atoms with Gasteiger partial charge in [0.05, 0.1) is 6.17 Å². The summed E-state index contributed by atoms with van der Waals surface area (Å²) in [5.41, 5.74) is 0. The standard InChI is InChI=1S/C7H21N3Si/c1-8-7(9-2)6-10-4-3-5-11/h7-10H,3-6H2,1-2,11H3. The van der Waals surface area contributed by atoms with Crippen molar-refractivity contribution in [3.8, 4) is 0 Å². The molecule has 0 amide bonds. The van der Waals surface area contributed by atoms with E-state index in [9.17, 15) is 0 Å². The van der Waals surface area contributed by atoms with Crippen LogP contribution in [0.4, 0.5) is 0 Å². The first kappa shape index (κ1) is 11.1. The van der Waals surface area contributed by atoms with Gasteiger partial charge in [0, 0.05) is 16.8 Å². The van der Waals surface area contributed by atoms with Gasteiger partial charge in [0.25, 0.3) is 0 Å². The summed E-state index contributed by atoms with van der Waals surface area (Å²) in [4.78, 5) is 0. The van der Waals surface area contributed by atoms with Crippen LogP contribution >= 0.6 is 0 Å². The lowest BCUT2D eigenvalue weighted by Gasteiger charge is -2.15. The van der Waals surface area contributed by atoms with Crippen molar-refractivity contribution in [1.82, 2.24) is 16.0 Å². The van der Waals surface area contributed by atoms with Gasteiger partial charge in [0.2, 0.25) is 0 Å². The minimum absolute atomic E-state index is 0.407. The molecule has 0 bridgehead atoms. The molecular weight excluding hydrogens is 154 g/mol. The Balaban J connectivity index is 3.07. The molecule has 0 aliphatic carbocycles. The molecular formula is C7H21N3Si. The third-order valence-corrected chi connectivity index (χ3v) is 2.46. The Kier molecular flexibility index (Phi) is 8.27. The van der Waals surface area contributed by atoms with Crippen molar-refractivity contribution in [2.45, 2.75) is 18.6 Å². The molecule has 0 aromatic rings. The van der Waals surface area contributed by atoms with Crippen LogP contribution in [-0.4, -0.2) is 43.6 Å². The van der Waals surface area contributed by atoms with Crippen molar-refractivity contribution < 1.29 is 0 Å². The Morgan fingerprint density at radius 3 is 2.36 bits per heavy atom. The van der Waals surface area contributed by atoms with Crippen molar-refractivity contribution in [1.29, 1.82) is 0 Å². The van der Waals surface area contributed by atoms with Gasteiger partial charge < -0.3 is 16.0 Å². The van der Waals surface area contributed by atoms with Gasteiger partial charge >= 0.3 is 0 Å². The number of nitrogens with one attached hydrogen (secondary N) is 3. The first-order valence-corrected chi connectivity index (χ1v) is 5.81. The van der Waals surface area contributed by atoms with E-state index in [2.05, 4.69) is 16.0 Å². The van der Waals surface area contributed by atoms with E-state index in [1.54, 1.807) is 0 Å². The van der Waals surface area contributed by atoms with Crippen molar-refractivity contribution in [3.63, 3.8) is 0 Å². The van der Waals surface area contributed by atoms with Crippen molar-refractivity contribution >= 4 is 10.2 Å². The SMILES string of the molecule is CNC(CNCCC[SiH3])NC. The number of hydrogen-bond donors (Lipinski definition) is 3. The Hall–Kier alpha value is 0.0969. The first-order chi connectivity index (χ1) is 5.35. The minimum atomic E-state index is 0.407. The second-order valence-corrected chi connectivity index (χ2v) is 3.69. The highest BCUT2D eigenvalue weighted by atomic mass is 28.1. The Morgan fingerprint density at radius 2 is 1.91 bits per heavy atom. The molecule has 0 aromatic carbocycles. The van der Waals surface area contributed by atoms with E-state index < -0.39 is 0 Å². The van der Waals surface area contributed by atoms with Crippen molar-refractivity contribution in [2.75, 3.05) is 27.2 Å². The molecule has 0 unspecified atom stereocenters. The van der Waals surface area contributed by atoms with Crippen LogP contribution in [0.5, 0.6) is 0 Å². The maximum absolute atomic E-state index is 3.39. The third kappa shape index (κ3) is 6.49. The highest BCUT2D eigenvalue weighted by Gasteiger charge is 1.98. The Labute approximate surface area is 72.7 Å². The van der Waals surface area contributed by atoms with Gasteiger partial charge in [-0.3, -0.25) is 0 Å². The average Bonchev–Trinajstić information content (AvgIpc) is 2.05. The van der Waals surface area contributed by atoms with Crippen molar-refractivity contribution in [3.05, 3.63) is 0 Å². The molecule has 0 aromatic heterocycles. The molecule has 3 N–H and O–H groups in total. The van der Waals surface area contributed by atoms with E-state index in [-0.39, 0.29) is 0 Å². The van der Waals surface area contributed by atoms with Gasteiger partial charge in [-0.05, 0) is 27.1 Å². The summed E-state index contributed by atoms with van der Waals surface area (Å²) in [7, 11) is 5.27. The predicted octanol–water partition coefficient (Wildman–Crippen LogP) is -1.49. The minimum Gasteiger partial charge on any atom is -0.314 e. The molecule has 0 rings (SSSR count). The van der Waals surface area contributed by atoms with Crippen LogP contribution in [0.3, 0.4) is 0 Å². The van der Waals surface area contributed by atoms with Gasteiger partial charge in [-0.2, -0.15) is 0 Å². The van der Waals surface area contributed by atoms with E-state index in [0.717, 1.165) is 13.1 Å². The molecule has 0 fully saturated rings. The quantitative estimate of drug-likeness (QED) is 0.251. The van der Waals surface area contributed by atoms with E-state index in [1.165, 1.54) is 22.7 Å². The number of hydrogen-bond acceptors (Lipinski definition) is 3. The fraction of sp³-hybridized carbons (Fsp3) is 1.00. The van der Waals surface area contributed by atoms with Gasteiger partial charge in [-0.1, -0.05) is 6.04 Å². The van der Waals surface area contributed by atoms with E-state index in [4.69, 9.17) is 0 Å². The lowest BCUT2D eigenvalue weighted by molar-refractivity contribution is 0.457. The molecule has 0 atom stereocenters. The molecule has 0 saturated heterocycles. The number of rotatable bonds is 7. The molecule has 0 radical (unpaired) electrons.